The van der Waals surface area contributed by atoms with Gasteiger partial charge in [-0.25, -0.2) is 4.98 Å². The Balaban J connectivity index is 1.70. The molecule has 1 aromatic heterocycles. The van der Waals surface area contributed by atoms with Gasteiger partial charge in [0.15, 0.2) is 0 Å². The van der Waals surface area contributed by atoms with Crippen molar-refractivity contribution in [3.63, 3.8) is 0 Å². The Kier molecular flexibility index (Phi) is 5.30. The summed E-state index contributed by atoms with van der Waals surface area (Å²) in [5.74, 6) is 0.103. The van der Waals surface area contributed by atoms with Crippen LogP contribution in [0.15, 0.2) is 33.8 Å². The van der Waals surface area contributed by atoms with E-state index in [-0.39, 0.29) is 11.5 Å². The van der Waals surface area contributed by atoms with Crippen LogP contribution in [0.5, 0.6) is 0 Å². The summed E-state index contributed by atoms with van der Waals surface area (Å²) in [6.45, 7) is 3.83. The molecule has 1 aliphatic rings. The van der Waals surface area contributed by atoms with E-state index in [1.165, 1.54) is 10.9 Å². The molecule has 1 amide bonds. The average Bonchev–Trinajstić information content (AvgIpc) is 2.79. The summed E-state index contributed by atoms with van der Waals surface area (Å²) in [6, 6.07) is 5.44. The van der Waals surface area contributed by atoms with Gasteiger partial charge in [0.2, 0.25) is 5.91 Å². The number of carbonyl (C=O) groups is 1. The molecule has 1 aliphatic heterocycles. The Morgan fingerprint density at radius 1 is 1.25 bits per heavy atom. The molecular formula is C17H21BrN4O2. The Labute approximate surface area is 149 Å². The van der Waals surface area contributed by atoms with Gasteiger partial charge in [-0.1, -0.05) is 15.9 Å². The molecule has 0 bridgehead atoms. The molecule has 0 atom stereocenters. The van der Waals surface area contributed by atoms with Crippen LogP contribution in [0.4, 0.5) is 0 Å². The highest BCUT2D eigenvalue weighted by molar-refractivity contribution is 9.10. The van der Waals surface area contributed by atoms with Crippen LogP contribution in [0, 0.1) is 0 Å². The van der Waals surface area contributed by atoms with E-state index < -0.39 is 0 Å². The molecule has 0 spiro atoms. The van der Waals surface area contributed by atoms with Crippen molar-refractivity contribution < 1.29 is 4.79 Å². The van der Waals surface area contributed by atoms with E-state index in [2.05, 4.69) is 32.9 Å². The topological polar surface area (TPSA) is 58.4 Å². The smallest absolute Gasteiger partial charge is 0.261 e. The quantitative estimate of drug-likeness (QED) is 0.797. The Morgan fingerprint density at radius 3 is 2.92 bits per heavy atom. The van der Waals surface area contributed by atoms with Crippen molar-refractivity contribution >= 4 is 32.7 Å². The predicted octanol–water partition coefficient (Wildman–Crippen LogP) is 1.71. The second-order valence-corrected chi connectivity index (χ2v) is 7.11. The maximum absolute atomic E-state index is 12.5. The Hall–Kier alpha value is -1.73. The van der Waals surface area contributed by atoms with E-state index >= 15 is 0 Å². The molecule has 0 unspecified atom stereocenters. The lowest BCUT2D eigenvalue weighted by molar-refractivity contribution is -0.131. The van der Waals surface area contributed by atoms with Gasteiger partial charge in [0.25, 0.3) is 5.56 Å². The number of fused-ring (bicyclic) bond motifs is 1. The number of likely N-dealkylation sites (N-methyl/N-ethyl adjacent to an activating group) is 1. The zero-order chi connectivity index (χ0) is 17.1. The van der Waals surface area contributed by atoms with Crippen molar-refractivity contribution in [1.29, 1.82) is 0 Å². The lowest BCUT2D eigenvalue weighted by Crippen LogP contribution is -2.35. The number of nitrogens with zero attached hydrogens (tertiary/aromatic N) is 4. The summed E-state index contributed by atoms with van der Waals surface area (Å²) in [7, 11) is 2.08. The van der Waals surface area contributed by atoms with Crippen LogP contribution < -0.4 is 5.56 Å². The van der Waals surface area contributed by atoms with Crippen molar-refractivity contribution in [3.05, 3.63) is 39.4 Å². The van der Waals surface area contributed by atoms with Gasteiger partial charge in [0.1, 0.15) is 0 Å². The molecule has 0 radical (unpaired) electrons. The predicted molar refractivity (Wildman–Crippen MR) is 97.0 cm³/mol. The van der Waals surface area contributed by atoms with Gasteiger partial charge >= 0.3 is 0 Å². The number of hydrogen-bond donors (Lipinski definition) is 0. The fourth-order valence-corrected chi connectivity index (χ4v) is 3.32. The summed E-state index contributed by atoms with van der Waals surface area (Å²) in [5, 5.41) is 0.565. The van der Waals surface area contributed by atoms with Crippen molar-refractivity contribution in [3.8, 4) is 0 Å². The van der Waals surface area contributed by atoms with Gasteiger partial charge in [-0.15, -0.1) is 0 Å². The first-order chi connectivity index (χ1) is 11.5. The normalized spacial score (nSPS) is 16.3. The third-order valence-corrected chi connectivity index (χ3v) is 4.92. The molecule has 2 aromatic rings. The highest BCUT2D eigenvalue weighted by Crippen LogP contribution is 2.15. The van der Waals surface area contributed by atoms with Crippen molar-refractivity contribution in [2.24, 2.45) is 0 Å². The van der Waals surface area contributed by atoms with Crippen molar-refractivity contribution in [2.45, 2.75) is 19.4 Å². The number of hydrogen-bond acceptors (Lipinski definition) is 4. The lowest BCUT2D eigenvalue weighted by Gasteiger charge is -2.20. The number of carbonyl (C=O) groups excluding carboxylic acids is 1. The maximum Gasteiger partial charge on any atom is 0.261 e. The number of benzene rings is 1. The lowest BCUT2D eigenvalue weighted by atomic mass is 10.2. The van der Waals surface area contributed by atoms with Crippen LogP contribution in [-0.4, -0.2) is 58.5 Å². The number of aromatic nitrogens is 2. The largest absolute Gasteiger partial charge is 0.341 e. The molecule has 3 rings (SSSR count). The molecule has 1 fully saturated rings. The van der Waals surface area contributed by atoms with Gasteiger partial charge < -0.3 is 9.80 Å². The van der Waals surface area contributed by atoms with Crippen molar-refractivity contribution in [1.82, 2.24) is 19.4 Å². The van der Waals surface area contributed by atoms with Crippen LogP contribution in [0.3, 0.4) is 0 Å². The molecule has 128 valence electrons. The monoisotopic (exact) mass is 392 g/mol. The van der Waals surface area contributed by atoms with E-state index in [1.54, 1.807) is 6.07 Å². The van der Waals surface area contributed by atoms with Crippen LogP contribution in [-0.2, 0) is 11.3 Å². The average molecular weight is 393 g/mol. The second kappa shape index (κ2) is 7.44. The number of halogens is 1. The second-order valence-electron chi connectivity index (χ2n) is 6.19. The molecule has 1 aromatic carbocycles. The molecule has 0 N–H and O–H groups in total. The molecule has 7 heteroatoms. The first kappa shape index (κ1) is 17.1. The molecule has 6 nitrogen and oxygen atoms in total. The first-order valence-corrected chi connectivity index (χ1v) is 8.95. The van der Waals surface area contributed by atoms with Crippen LogP contribution >= 0.6 is 15.9 Å². The van der Waals surface area contributed by atoms with E-state index in [0.717, 1.165) is 37.1 Å². The third kappa shape index (κ3) is 3.84. The summed E-state index contributed by atoms with van der Waals surface area (Å²) in [6.07, 6.45) is 2.85. The molecular weight excluding hydrogens is 372 g/mol. The van der Waals surface area contributed by atoms with Gasteiger partial charge in [-0.3, -0.25) is 14.2 Å². The van der Waals surface area contributed by atoms with Crippen LogP contribution in [0.1, 0.15) is 12.8 Å². The fraction of sp³-hybridized carbons (Fsp3) is 0.471. The minimum absolute atomic E-state index is 0.103. The summed E-state index contributed by atoms with van der Waals surface area (Å²) >= 11 is 3.38. The Bertz CT molecular complexity index is 805. The number of amides is 1. The van der Waals surface area contributed by atoms with Gasteiger partial charge in [0.05, 0.1) is 17.2 Å². The standard InChI is InChI=1S/C17H21BrN4O2/c1-20-6-2-7-21(10-9-20)16(23)5-8-22-12-19-15-4-3-13(18)11-14(15)17(22)24/h3-4,11-12H,2,5-10H2,1H3. The van der Waals surface area contributed by atoms with Crippen molar-refractivity contribution in [2.75, 3.05) is 33.2 Å². The van der Waals surface area contributed by atoms with Crippen LogP contribution in [0.25, 0.3) is 10.9 Å². The number of aryl methyl sites for hydroxylation is 1. The minimum Gasteiger partial charge on any atom is -0.341 e. The molecule has 0 aliphatic carbocycles. The maximum atomic E-state index is 12.5. The van der Waals surface area contributed by atoms with E-state index in [9.17, 15) is 9.59 Å². The first-order valence-electron chi connectivity index (χ1n) is 8.15. The highest BCUT2D eigenvalue weighted by atomic mass is 79.9. The van der Waals surface area contributed by atoms with Gasteiger partial charge in [0, 0.05) is 37.1 Å². The summed E-state index contributed by atoms with van der Waals surface area (Å²) in [5.41, 5.74) is 0.561. The molecule has 0 saturated carbocycles. The summed E-state index contributed by atoms with van der Waals surface area (Å²) in [4.78, 5) is 33.4. The Morgan fingerprint density at radius 2 is 2.08 bits per heavy atom. The van der Waals surface area contributed by atoms with E-state index in [0.29, 0.717) is 23.9 Å². The van der Waals surface area contributed by atoms with E-state index in [4.69, 9.17) is 0 Å². The minimum atomic E-state index is -0.107. The number of rotatable bonds is 3. The van der Waals surface area contributed by atoms with Gasteiger partial charge in [-0.2, -0.15) is 0 Å². The zero-order valence-electron chi connectivity index (χ0n) is 13.7. The molecule has 1 saturated heterocycles. The molecule has 2 heterocycles. The van der Waals surface area contributed by atoms with Crippen LogP contribution in [0.2, 0.25) is 0 Å². The zero-order valence-corrected chi connectivity index (χ0v) is 15.3. The van der Waals surface area contributed by atoms with Gasteiger partial charge in [-0.05, 0) is 38.2 Å². The SMILES string of the molecule is CN1CCCN(C(=O)CCn2cnc3ccc(Br)cc3c2=O)CC1. The highest BCUT2D eigenvalue weighted by Gasteiger charge is 2.17. The summed E-state index contributed by atoms with van der Waals surface area (Å²) < 4.78 is 2.37. The third-order valence-electron chi connectivity index (χ3n) is 4.42. The molecule has 24 heavy (non-hydrogen) atoms. The fourth-order valence-electron chi connectivity index (χ4n) is 2.96. The van der Waals surface area contributed by atoms with E-state index in [1.807, 2.05) is 17.0 Å².